The van der Waals surface area contributed by atoms with E-state index in [2.05, 4.69) is 0 Å². The molecule has 3 heterocycles. The van der Waals surface area contributed by atoms with Crippen molar-refractivity contribution in [2.75, 3.05) is 49.0 Å². The van der Waals surface area contributed by atoms with Crippen molar-refractivity contribution in [2.24, 2.45) is 0 Å². The number of ether oxygens (including phenoxy) is 5. The van der Waals surface area contributed by atoms with Gasteiger partial charge in [-0.3, -0.25) is 9.59 Å². The number of methoxy groups -OCH3 is 3. The lowest BCUT2D eigenvalue weighted by atomic mass is 9.96. The number of aliphatic hydroxyl groups is 1. The second-order valence-corrected chi connectivity index (χ2v) is 11.8. The van der Waals surface area contributed by atoms with E-state index >= 15 is 0 Å². The molecule has 0 aliphatic carbocycles. The van der Waals surface area contributed by atoms with E-state index in [4.69, 9.17) is 35.3 Å². The third kappa shape index (κ3) is 5.01. The SMILES string of the molecule is COCOc1cc(OCOC)c(C(O)[C@@]23SC(c4ccc(OC)cc4)S[C@@H](C(=O)N2C)N(C)C3=O)cc1Cl. The summed E-state index contributed by atoms with van der Waals surface area (Å²) in [5.41, 5.74) is 1.07. The summed E-state index contributed by atoms with van der Waals surface area (Å²) in [6.45, 7) is -0.200. The Morgan fingerprint density at radius 2 is 1.66 bits per heavy atom. The number of carbonyl (C=O) groups excluding carboxylic acids is 2. The van der Waals surface area contributed by atoms with E-state index in [1.165, 1.54) is 66.7 Å². The van der Waals surface area contributed by atoms with Crippen LogP contribution in [-0.2, 0) is 19.1 Å². The number of piperazine rings is 1. The van der Waals surface area contributed by atoms with Crippen LogP contribution in [0.4, 0.5) is 0 Å². The molecule has 13 heteroatoms. The number of carbonyl (C=O) groups is 2. The molecule has 0 saturated carbocycles. The van der Waals surface area contributed by atoms with E-state index in [0.29, 0.717) is 5.75 Å². The van der Waals surface area contributed by atoms with Crippen LogP contribution < -0.4 is 14.2 Å². The van der Waals surface area contributed by atoms with Crippen molar-refractivity contribution in [3.8, 4) is 17.2 Å². The van der Waals surface area contributed by atoms with Crippen LogP contribution in [0.2, 0.25) is 5.02 Å². The lowest BCUT2D eigenvalue weighted by Gasteiger charge is -2.48. The van der Waals surface area contributed by atoms with Crippen LogP contribution in [0.5, 0.6) is 17.2 Å². The predicted octanol–water partition coefficient (Wildman–Crippen LogP) is 3.48. The lowest BCUT2D eigenvalue weighted by molar-refractivity contribution is -0.162. The summed E-state index contributed by atoms with van der Waals surface area (Å²) in [5.74, 6) is 0.400. The van der Waals surface area contributed by atoms with Crippen molar-refractivity contribution in [3.63, 3.8) is 0 Å². The van der Waals surface area contributed by atoms with Crippen molar-refractivity contribution in [3.05, 3.63) is 52.5 Å². The fourth-order valence-corrected chi connectivity index (χ4v) is 7.99. The van der Waals surface area contributed by atoms with Crippen molar-refractivity contribution in [2.45, 2.75) is 20.9 Å². The number of benzene rings is 2. The zero-order valence-electron chi connectivity index (χ0n) is 21.5. The van der Waals surface area contributed by atoms with Gasteiger partial charge in [0.2, 0.25) is 0 Å². The van der Waals surface area contributed by atoms with E-state index < -0.39 is 22.3 Å². The molecule has 2 aromatic carbocycles. The Hall–Kier alpha value is -2.35. The molecule has 1 N–H and O–H groups in total. The third-order valence-corrected chi connectivity index (χ3v) is 10.1. The highest BCUT2D eigenvalue weighted by atomic mass is 35.5. The molecule has 0 spiro atoms. The summed E-state index contributed by atoms with van der Waals surface area (Å²) in [7, 11) is 7.61. The van der Waals surface area contributed by atoms with Crippen molar-refractivity contribution in [1.29, 1.82) is 0 Å². The van der Waals surface area contributed by atoms with Crippen LogP contribution in [0.3, 0.4) is 0 Å². The number of likely N-dealkylation sites (N-methyl/N-ethyl adjacent to an activating group) is 2. The van der Waals surface area contributed by atoms with E-state index in [0.717, 1.165) is 5.56 Å². The van der Waals surface area contributed by atoms with Crippen LogP contribution in [-0.4, -0.2) is 86.0 Å². The monoisotopic (exact) mass is 584 g/mol. The average molecular weight is 585 g/mol. The Morgan fingerprint density at radius 1 is 1.03 bits per heavy atom. The van der Waals surface area contributed by atoms with Gasteiger partial charge in [0.1, 0.15) is 23.4 Å². The number of hydrogen-bond acceptors (Lipinski definition) is 10. The first-order valence-corrected chi connectivity index (χ1v) is 13.7. The molecule has 5 rings (SSSR count). The number of hydrogen-bond donors (Lipinski definition) is 1. The molecule has 3 saturated heterocycles. The standard InChI is InChI=1S/C25H29ClN2O8S2/c1-27-22-21(30)28(2)25(24(27)31,38-23(37-22)14-6-8-15(34-5)9-7-14)20(29)16-10-17(26)19(36-13-33-4)11-18(16)35-12-32-3/h6-11,20,22-23,29H,12-13H2,1-5H3/t20?,22-,23?,25-/m0/s1. The fraction of sp³-hybridized carbons (Fsp3) is 0.440. The second-order valence-electron chi connectivity index (χ2n) is 8.55. The number of fused-ring (bicyclic) bond motifs is 4. The molecule has 2 unspecified atom stereocenters. The summed E-state index contributed by atoms with van der Waals surface area (Å²) >= 11 is 9.03. The molecule has 2 bridgehead atoms. The van der Waals surface area contributed by atoms with Gasteiger partial charge in [0, 0.05) is 39.9 Å². The summed E-state index contributed by atoms with van der Waals surface area (Å²) in [6, 6.07) is 10.4. The van der Waals surface area contributed by atoms with E-state index in [1.807, 2.05) is 24.3 Å². The zero-order valence-corrected chi connectivity index (χ0v) is 23.9. The van der Waals surface area contributed by atoms with Gasteiger partial charge in [-0.15, -0.1) is 23.5 Å². The summed E-state index contributed by atoms with van der Waals surface area (Å²) < 4.78 is 26.2. The normalized spacial score (nSPS) is 23.9. The van der Waals surface area contributed by atoms with Gasteiger partial charge < -0.3 is 38.6 Å². The van der Waals surface area contributed by atoms with Gasteiger partial charge in [-0.2, -0.15) is 0 Å². The maximum absolute atomic E-state index is 14.0. The molecule has 4 atom stereocenters. The second kappa shape index (κ2) is 11.8. The van der Waals surface area contributed by atoms with Gasteiger partial charge in [0.25, 0.3) is 11.8 Å². The smallest absolute Gasteiger partial charge is 0.263 e. The Kier molecular flexibility index (Phi) is 8.90. The lowest BCUT2D eigenvalue weighted by Crippen LogP contribution is -2.68. The molecule has 3 aliphatic heterocycles. The number of aliphatic hydroxyl groups excluding tert-OH is 1. The molecule has 2 aromatic rings. The summed E-state index contributed by atoms with van der Waals surface area (Å²) in [4.78, 5) is 28.5. The predicted molar refractivity (Wildman–Crippen MR) is 144 cm³/mol. The number of amides is 2. The topological polar surface area (TPSA) is 107 Å². The quantitative estimate of drug-likeness (QED) is 0.417. The molecule has 38 heavy (non-hydrogen) atoms. The molecule has 0 radical (unpaired) electrons. The maximum atomic E-state index is 14.0. The van der Waals surface area contributed by atoms with Gasteiger partial charge in [-0.25, -0.2) is 0 Å². The van der Waals surface area contributed by atoms with Gasteiger partial charge in [-0.1, -0.05) is 23.7 Å². The fourth-order valence-electron chi connectivity index (χ4n) is 4.31. The highest BCUT2D eigenvalue weighted by molar-refractivity contribution is 8.18. The largest absolute Gasteiger partial charge is 0.497 e. The molecule has 0 aromatic heterocycles. The van der Waals surface area contributed by atoms with Gasteiger partial charge in [0.05, 0.1) is 16.7 Å². The molecule has 206 valence electrons. The van der Waals surface area contributed by atoms with E-state index in [1.54, 1.807) is 14.2 Å². The number of nitrogens with zero attached hydrogens (tertiary/aromatic N) is 2. The minimum absolute atomic E-state index is 0.0617. The van der Waals surface area contributed by atoms with Crippen LogP contribution >= 0.6 is 35.1 Å². The Balaban J connectivity index is 1.84. The Morgan fingerprint density at radius 3 is 2.26 bits per heavy atom. The number of halogens is 1. The van der Waals surface area contributed by atoms with Crippen LogP contribution in [0, 0.1) is 0 Å². The first-order chi connectivity index (χ1) is 18.2. The minimum Gasteiger partial charge on any atom is -0.497 e. The highest BCUT2D eigenvalue weighted by Gasteiger charge is 2.63. The number of rotatable bonds is 10. The summed E-state index contributed by atoms with van der Waals surface area (Å²) in [6.07, 6.45) is -1.53. The first-order valence-electron chi connectivity index (χ1n) is 11.5. The van der Waals surface area contributed by atoms with Crippen LogP contribution in [0.1, 0.15) is 21.8 Å². The molecule has 3 aliphatic rings. The first kappa shape index (κ1) is 28.7. The van der Waals surface area contributed by atoms with Gasteiger partial charge in [0.15, 0.2) is 23.8 Å². The minimum atomic E-state index is -1.72. The zero-order chi connectivity index (χ0) is 27.6. The van der Waals surface area contributed by atoms with Crippen LogP contribution in [0.15, 0.2) is 36.4 Å². The van der Waals surface area contributed by atoms with E-state index in [9.17, 15) is 14.7 Å². The van der Waals surface area contributed by atoms with Gasteiger partial charge in [-0.05, 0) is 23.8 Å². The maximum Gasteiger partial charge on any atom is 0.263 e. The number of thioether (sulfide) groups is 2. The Labute approximate surface area is 234 Å². The average Bonchev–Trinajstić information content (AvgIpc) is 3.12. The molecule has 2 amide bonds. The molecular formula is C25H29ClN2O8S2. The van der Waals surface area contributed by atoms with Crippen molar-refractivity contribution >= 4 is 46.9 Å². The Bertz CT molecular complexity index is 1190. The van der Waals surface area contributed by atoms with Gasteiger partial charge >= 0.3 is 0 Å². The van der Waals surface area contributed by atoms with E-state index in [-0.39, 0.29) is 46.2 Å². The highest BCUT2D eigenvalue weighted by Crippen LogP contribution is 2.60. The molecule has 3 fully saturated rings. The third-order valence-electron chi connectivity index (χ3n) is 6.34. The molecular weight excluding hydrogens is 556 g/mol. The van der Waals surface area contributed by atoms with Crippen molar-refractivity contribution in [1.82, 2.24) is 9.80 Å². The molecule has 10 nitrogen and oxygen atoms in total. The summed E-state index contributed by atoms with van der Waals surface area (Å²) in [5, 5.41) is 11.4. The van der Waals surface area contributed by atoms with Crippen molar-refractivity contribution < 1.29 is 38.4 Å². The van der Waals surface area contributed by atoms with Crippen LogP contribution in [0.25, 0.3) is 0 Å².